The van der Waals surface area contributed by atoms with Crippen molar-refractivity contribution < 1.29 is 4.79 Å². The maximum atomic E-state index is 12.6. The van der Waals surface area contributed by atoms with Crippen LogP contribution in [-0.4, -0.2) is 26.6 Å². The van der Waals surface area contributed by atoms with Gasteiger partial charge in [0.15, 0.2) is 0 Å². The second-order valence-corrected chi connectivity index (χ2v) is 5.96. The molecule has 1 amide bonds. The summed E-state index contributed by atoms with van der Waals surface area (Å²) in [5.41, 5.74) is 0.119. The molecule has 0 spiro atoms. The molecular formula is C14H15N3O2S. The summed E-state index contributed by atoms with van der Waals surface area (Å²) >= 11 is 1.65. The number of carbonyl (C=O) groups excluding carboxylic acids is 1. The molecule has 1 aliphatic rings. The van der Waals surface area contributed by atoms with Crippen molar-refractivity contribution in [1.29, 1.82) is 0 Å². The van der Waals surface area contributed by atoms with E-state index in [9.17, 15) is 9.59 Å². The minimum atomic E-state index is -0.210. The molecule has 0 atom stereocenters. The summed E-state index contributed by atoms with van der Waals surface area (Å²) in [6.45, 7) is 0.617. The van der Waals surface area contributed by atoms with Gasteiger partial charge in [-0.1, -0.05) is 6.07 Å². The zero-order chi connectivity index (χ0) is 14.1. The van der Waals surface area contributed by atoms with Gasteiger partial charge in [0.2, 0.25) is 0 Å². The van der Waals surface area contributed by atoms with E-state index in [2.05, 4.69) is 5.10 Å². The highest BCUT2D eigenvalue weighted by atomic mass is 32.1. The first-order valence-corrected chi connectivity index (χ1v) is 7.41. The van der Waals surface area contributed by atoms with E-state index in [1.807, 2.05) is 22.4 Å². The number of rotatable bonds is 4. The molecular weight excluding hydrogens is 274 g/mol. The lowest BCUT2D eigenvalue weighted by atomic mass is 10.3. The SMILES string of the molecule is Cn1nc(C(=O)N(Cc2cccs2)C2CC2)ccc1=O. The van der Waals surface area contributed by atoms with Gasteiger partial charge in [0.05, 0.1) is 6.54 Å². The second-order valence-electron chi connectivity index (χ2n) is 4.92. The van der Waals surface area contributed by atoms with Gasteiger partial charge in [0, 0.05) is 24.0 Å². The third-order valence-corrected chi connectivity index (χ3v) is 4.20. The standard InChI is InChI=1S/C14H15N3O2S/c1-16-13(18)7-6-12(15-16)14(19)17(10-4-5-10)9-11-3-2-8-20-11/h2-3,6-8,10H,4-5,9H2,1H3. The van der Waals surface area contributed by atoms with Crippen LogP contribution in [-0.2, 0) is 13.6 Å². The molecule has 0 radical (unpaired) electrons. The Hall–Kier alpha value is -1.95. The third kappa shape index (κ3) is 2.65. The monoisotopic (exact) mass is 289 g/mol. The van der Waals surface area contributed by atoms with Crippen LogP contribution in [0.15, 0.2) is 34.4 Å². The maximum Gasteiger partial charge on any atom is 0.274 e. The number of aryl methyl sites for hydroxylation is 1. The normalized spacial score (nSPS) is 14.2. The molecule has 2 aromatic rings. The molecule has 20 heavy (non-hydrogen) atoms. The number of aromatic nitrogens is 2. The van der Waals surface area contributed by atoms with Gasteiger partial charge in [-0.05, 0) is 30.4 Å². The minimum Gasteiger partial charge on any atom is -0.329 e. The highest BCUT2D eigenvalue weighted by Gasteiger charge is 2.33. The molecule has 3 rings (SSSR count). The molecule has 5 nitrogen and oxygen atoms in total. The predicted molar refractivity (Wildman–Crippen MR) is 76.7 cm³/mol. The van der Waals surface area contributed by atoms with Crippen LogP contribution >= 0.6 is 11.3 Å². The van der Waals surface area contributed by atoms with Crippen molar-refractivity contribution in [3.8, 4) is 0 Å². The van der Waals surface area contributed by atoms with E-state index in [-0.39, 0.29) is 11.5 Å². The van der Waals surface area contributed by atoms with Crippen LogP contribution in [0, 0.1) is 0 Å². The molecule has 1 fully saturated rings. The van der Waals surface area contributed by atoms with Crippen molar-refractivity contribution in [2.24, 2.45) is 7.05 Å². The summed E-state index contributed by atoms with van der Waals surface area (Å²) in [7, 11) is 1.56. The number of carbonyl (C=O) groups is 1. The van der Waals surface area contributed by atoms with E-state index in [4.69, 9.17) is 0 Å². The number of hydrogen-bond acceptors (Lipinski definition) is 4. The van der Waals surface area contributed by atoms with Crippen LogP contribution in [0.2, 0.25) is 0 Å². The van der Waals surface area contributed by atoms with Crippen molar-refractivity contribution in [3.05, 3.63) is 50.6 Å². The lowest BCUT2D eigenvalue weighted by Gasteiger charge is -2.21. The van der Waals surface area contributed by atoms with Gasteiger partial charge in [-0.15, -0.1) is 11.3 Å². The van der Waals surface area contributed by atoms with Crippen LogP contribution in [0.1, 0.15) is 28.2 Å². The van der Waals surface area contributed by atoms with Crippen LogP contribution in [0.5, 0.6) is 0 Å². The summed E-state index contributed by atoms with van der Waals surface area (Å²) in [5, 5.41) is 6.06. The molecule has 104 valence electrons. The molecule has 0 unspecified atom stereocenters. The fourth-order valence-corrected chi connectivity index (χ4v) is 2.79. The molecule has 0 aliphatic heterocycles. The fraction of sp³-hybridized carbons (Fsp3) is 0.357. The summed E-state index contributed by atoms with van der Waals surface area (Å²) < 4.78 is 1.20. The Morgan fingerprint density at radius 3 is 2.85 bits per heavy atom. The lowest BCUT2D eigenvalue weighted by molar-refractivity contribution is 0.0723. The van der Waals surface area contributed by atoms with Crippen LogP contribution in [0.25, 0.3) is 0 Å². The number of hydrogen-bond donors (Lipinski definition) is 0. The van der Waals surface area contributed by atoms with E-state index in [1.165, 1.54) is 16.8 Å². The van der Waals surface area contributed by atoms with Crippen molar-refractivity contribution >= 4 is 17.2 Å². The van der Waals surface area contributed by atoms with Crippen molar-refractivity contribution in [1.82, 2.24) is 14.7 Å². The average Bonchev–Trinajstić information content (AvgIpc) is 3.15. The average molecular weight is 289 g/mol. The summed E-state index contributed by atoms with van der Waals surface area (Å²) in [6, 6.07) is 7.22. The van der Waals surface area contributed by atoms with Crippen molar-refractivity contribution in [2.75, 3.05) is 0 Å². The Morgan fingerprint density at radius 1 is 1.45 bits per heavy atom. The van der Waals surface area contributed by atoms with Crippen molar-refractivity contribution in [3.63, 3.8) is 0 Å². The van der Waals surface area contributed by atoms with E-state index in [1.54, 1.807) is 18.4 Å². The molecule has 0 saturated heterocycles. The Balaban J connectivity index is 1.85. The largest absolute Gasteiger partial charge is 0.329 e. The topological polar surface area (TPSA) is 55.2 Å². The smallest absolute Gasteiger partial charge is 0.274 e. The molecule has 6 heteroatoms. The van der Waals surface area contributed by atoms with Gasteiger partial charge in [-0.3, -0.25) is 9.59 Å². The van der Waals surface area contributed by atoms with Gasteiger partial charge in [-0.25, -0.2) is 4.68 Å². The van der Waals surface area contributed by atoms with Gasteiger partial charge in [0.25, 0.3) is 11.5 Å². The number of amides is 1. The first-order valence-electron chi connectivity index (χ1n) is 6.53. The summed E-state index contributed by atoms with van der Waals surface area (Å²) in [5.74, 6) is -0.100. The Morgan fingerprint density at radius 2 is 2.25 bits per heavy atom. The van der Waals surface area contributed by atoms with E-state index < -0.39 is 0 Å². The number of nitrogens with zero attached hydrogens (tertiary/aromatic N) is 3. The van der Waals surface area contributed by atoms with Gasteiger partial charge in [-0.2, -0.15) is 5.10 Å². The summed E-state index contributed by atoms with van der Waals surface area (Å²) in [6.07, 6.45) is 2.09. The molecule has 1 aliphatic carbocycles. The molecule has 1 saturated carbocycles. The van der Waals surface area contributed by atoms with Gasteiger partial charge >= 0.3 is 0 Å². The van der Waals surface area contributed by atoms with E-state index >= 15 is 0 Å². The van der Waals surface area contributed by atoms with Crippen LogP contribution < -0.4 is 5.56 Å². The van der Waals surface area contributed by atoms with Crippen molar-refractivity contribution in [2.45, 2.75) is 25.4 Å². The zero-order valence-corrected chi connectivity index (χ0v) is 12.0. The van der Waals surface area contributed by atoms with Crippen LogP contribution in [0.3, 0.4) is 0 Å². The third-order valence-electron chi connectivity index (χ3n) is 3.33. The van der Waals surface area contributed by atoms with Gasteiger partial charge in [0.1, 0.15) is 5.69 Å². The molecule has 0 bridgehead atoms. The fourth-order valence-electron chi connectivity index (χ4n) is 2.09. The zero-order valence-electron chi connectivity index (χ0n) is 11.2. The Bertz CT molecular complexity index is 674. The highest BCUT2D eigenvalue weighted by Crippen LogP contribution is 2.30. The molecule has 0 N–H and O–H groups in total. The van der Waals surface area contributed by atoms with Crippen LogP contribution in [0.4, 0.5) is 0 Å². The minimum absolute atomic E-state index is 0.100. The summed E-state index contributed by atoms with van der Waals surface area (Å²) in [4.78, 5) is 26.9. The predicted octanol–water partition coefficient (Wildman–Crippen LogP) is 1.65. The Kier molecular flexibility index (Phi) is 3.40. The van der Waals surface area contributed by atoms with E-state index in [0.717, 1.165) is 17.7 Å². The molecule has 0 aromatic carbocycles. The first kappa shape index (κ1) is 13.1. The molecule has 2 heterocycles. The Labute approximate surface area is 120 Å². The number of thiophene rings is 1. The highest BCUT2D eigenvalue weighted by molar-refractivity contribution is 7.09. The second kappa shape index (κ2) is 5.20. The molecule has 2 aromatic heterocycles. The quantitative estimate of drug-likeness (QED) is 0.860. The lowest BCUT2D eigenvalue weighted by Crippen LogP contribution is -2.34. The maximum absolute atomic E-state index is 12.6. The van der Waals surface area contributed by atoms with Gasteiger partial charge < -0.3 is 4.90 Å². The van der Waals surface area contributed by atoms with E-state index in [0.29, 0.717) is 18.3 Å². The first-order chi connectivity index (χ1) is 9.65.